The fourth-order valence-electron chi connectivity index (χ4n) is 2.93. The van der Waals surface area contributed by atoms with Crippen molar-refractivity contribution in [3.05, 3.63) is 77.3 Å². The number of hydrogen-bond acceptors (Lipinski definition) is 7. The van der Waals surface area contributed by atoms with E-state index in [1.165, 1.54) is 32.4 Å². The quantitative estimate of drug-likeness (QED) is 0.313. The molecule has 178 valence electrons. The minimum Gasteiger partial charge on any atom is -0.495 e. The van der Waals surface area contributed by atoms with E-state index in [1.54, 1.807) is 48.5 Å². The van der Waals surface area contributed by atoms with Gasteiger partial charge in [0.15, 0.2) is 18.1 Å². The maximum absolute atomic E-state index is 12.3. The van der Waals surface area contributed by atoms with Crippen molar-refractivity contribution in [2.75, 3.05) is 39.4 Å². The van der Waals surface area contributed by atoms with Crippen LogP contribution in [-0.4, -0.2) is 45.9 Å². The molecule has 0 saturated heterocycles. The number of carbonyl (C=O) groups excluding carboxylic acids is 2. The van der Waals surface area contributed by atoms with Crippen molar-refractivity contribution in [2.45, 2.75) is 0 Å². The average Bonchev–Trinajstić information content (AvgIpc) is 2.85. The van der Waals surface area contributed by atoms with Gasteiger partial charge in [-0.3, -0.25) is 4.79 Å². The Kier molecular flexibility index (Phi) is 8.99. The summed E-state index contributed by atoms with van der Waals surface area (Å²) in [5.41, 5.74) is 0.799. The Hall–Kier alpha value is -3.91. The lowest BCUT2D eigenvalue weighted by Gasteiger charge is -2.13. The fourth-order valence-corrected chi connectivity index (χ4v) is 3.11. The number of methoxy groups -OCH3 is 2. The first-order valence-corrected chi connectivity index (χ1v) is 10.7. The highest BCUT2D eigenvalue weighted by molar-refractivity contribution is 6.30. The van der Waals surface area contributed by atoms with Gasteiger partial charge >= 0.3 is 5.97 Å². The Labute approximate surface area is 202 Å². The van der Waals surface area contributed by atoms with Gasteiger partial charge in [0.2, 0.25) is 0 Å². The first-order chi connectivity index (χ1) is 16.5. The smallest absolute Gasteiger partial charge is 0.338 e. The highest BCUT2D eigenvalue weighted by Gasteiger charge is 2.14. The van der Waals surface area contributed by atoms with Crippen LogP contribution < -0.4 is 24.3 Å². The third-order valence-corrected chi connectivity index (χ3v) is 4.76. The summed E-state index contributed by atoms with van der Waals surface area (Å²) in [6, 6.07) is 18.5. The second-order valence-electron chi connectivity index (χ2n) is 6.84. The summed E-state index contributed by atoms with van der Waals surface area (Å²) in [5.74, 6) is 0.784. The van der Waals surface area contributed by atoms with Crippen molar-refractivity contribution in [1.82, 2.24) is 0 Å². The van der Waals surface area contributed by atoms with Gasteiger partial charge < -0.3 is 29.0 Å². The number of carbonyl (C=O) groups is 2. The van der Waals surface area contributed by atoms with Crippen molar-refractivity contribution < 1.29 is 33.3 Å². The van der Waals surface area contributed by atoms with E-state index in [-0.39, 0.29) is 37.0 Å². The summed E-state index contributed by atoms with van der Waals surface area (Å²) in [7, 11) is 2.95. The van der Waals surface area contributed by atoms with E-state index >= 15 is 0 Å². The number of rotatable bonds is 11. The molecule has 0 radical (unpaired) electrons. The van der Waals surface area contributed by atoms with Crippen LogP contribution in [0.25, 0.3) is 0 Å². The molecule has 3 aromatic rings. The standard InChI is InChI=1S/C25H24ClNO7/c1-30-21-9-4-3-8-20(21)27-24(28)16-34-22-11-10-17(14-23(22)31-2)25(29)33-13-12-32-19-7-5-6-18(26)15-19/h3-11,14-15H,12-13,16H2,1-2H3,(H,27,28). The molecule has 0 fully saturated rings. The largest absolute Gasteiger partial charge is 0.495 e. The van der Waals surface area contributed by atoms with Crippen LogP contribution in [0.1, 0.15) is 10.4 Å². The molecule has 0 atom stereocenters. The topological polar surface area (TPSA) is 92.3 Å². The van der Waals surface area contributed by atoms with Gasteiger partial charge in [0.1, 0.15) is 24.7 Å². The van der Waals surface area contributed by atoms with Crippen LogP contribution in [0.2, 0.25) is 5.02 Å². The molecule has 0 aliphatic rings. The zero-order valence-corrected chi connectivity index (χ0v) is 19.5. The van der Waals surface area contributed by atoms with Crippen LogP contribution in [0.4, 0.5) is 5.69 Å². The summed E-state index contributed by atoms with van der Waals surface area (Å²) in [4.78, 5) is 24.6. The zero-order chi connectivity index (χ0) is 24.3. The van der Waals surface area contributed by atoms with Crippen molar-refractivity contribution in [1.29, 1.82) is 0 Å². The van der Waals surface area contributed by atoms with E-state index in [4.69, 9.17) is 35.3 Å². The molecule has 0 aliphatic heterocycles. The number of amides is 1. The molecule has 9 heteroatoms. The molecule has 0 aromatic heterocycles. The maximum Gasteiger partial charge on any atom is 0.338 e. The average molecular weight is 486 g/mol. The van der Waals surface area contributed by atoms with Gasteiger partial charge in [0.05, 0.1) is 25.5 Å². The first kappa shape index (κ1) is 24.7. The van der Waals surface area contributed by atoms with Crippen LogP contribution >= 0.6 is 11.6 Å². The zero-order valence-electron chi connectivity index (χ0n) is 18.7. The molecule has 34 heavy (non-hydrogen) atoms. The molecule has 3 aromatic carbocycles. The van der Waals surface area contributed by atoms with Gasteiger partial charge in [-0.1, -0.05) is 29.8 Å². The van der Waals surface area contributed by atoms with E-state index in [2.05, 4.69) is 5.32 Å². The van der Waals surface area contributed by atoms with Gasteiger partial charge in [0.25, 0.3) is 5.91 Å². The Bertz CT molecular complexity index is 1140. The molecule has 1 amide bonds. The van der Waals surface area contributed by atoms with Crippen LogP contribution in [-0.2, 0) is 9.53 Å². The molecular weight excluding hydrogens is 462 g/mol. The molecule has 0 heterocycles. The van der Waals surface area contributed by atoms with Gasteiger partial charge in [0, 0.05) is 5.02 Å². The minimum absolute atomic E-state index is 0.0506. The second kappa shape index (κ2) is 12.4. The molecule has 0 saturated carbocycles. The normalized spacial score (nSPS) is 10.2. The van der Waals surface area contributed by atoms with Crippen molar-refractivity contribution >= 4 is 29.2 Å². The van der Waals surface area contributed by atoms with Crippen molar-refractivity contribution in [3.8, 4) is 23.0 Å². The molecule has 0 unspecified atom stereocenters. The molecule has 0 aliphatic carbocycles. The predicted molar refractivity (Wildman–Crippen MR) is 127 cm³/mol. The number of nitrogens with one attached hydrogen (secondary N) is 1. The number of esters is 1. The predicted octanol–water partition coefficient (Wildman–Crippen LogP) is 4.61. The Morgan fingerprint density at radius 3 is 2.38 bits per heavy atom. The lowest BCUT2D eigenvalue weighted by Crippen LogP contribution is -2.20. The van der Waals surface area contributed by atoms with E-state index in [0.717, 1.165) is 0 Å². The summed E-state index contributed by atoms with van der Waals surface area (Å²) in [6.45, 7) is -0.0419. The number of benzene rings is 3. The molecular formula is C25H24ClNO7. The second-order valence-corrected chi connectivity index (χ2v) is 7.28. The van der Waals surface area contributed by atoms with Crippen LogP contribution in [0, 0.1) is 0 Å². The van der Waals surface area contributed by atoms with Crippen LogP contribution in [0.5, 0.6) is 23.0 Å². The summed E-state index contributed by atoms with van der Waals surface area (Å²) < 4.78 is 26.8. The first-order valence-electron chi connectivity index (χ1n) is 10.3. The number of ether oxygens (including phenoxy) is 5. The number of hydrogen-bond donors (Lipinski definition) is 1. The van der Waals surface area contributed by atoms with Gasteiger partial charge in [-0.15, -0.1) is 0 Å². The number of halogens is 1. The van der Waals surface area contributed by atoms with E-state index in [9.17, 15) is 9.59 Å². The van der Waals surface area contributed by atoms with Crippen LogP contribution in [0.15, 0.2) is 66.7 Å². The molecule has 8 nitrogen and oxygen atoms in total. The number of anilines is 1. The van der Waals surface area contributed by atoms with Crippen molar-refractivity contribution in [3.63, 3.8) is 0 Å². The lowest BCUT2D eigenvalue weighted by atomic mass is 10.2. The fraction of sp³-hybridized carbons (Fsp3) is 0.200. The molecule has 0 bridgehead atoms. The Morgan fingerprint density at radius 2 is 1.62 bits per heavy atom. The summed E-state index contributed by atoms with van der Waals surface area (Å²) in [6.07, 6.45) is 0. The van der Waals surface area contributed by atoms with Crippen molar-refractivity contribution in [2.24, 2.45) is 0 Å². The van der Waals surface area contributed by atoms with E-state index < -0.39 is 5.97 Å². The van der Waals surface area contributed by atoms with Crippen LogP contribution in [0.3, 0.4) is 0 Å². The Balaban J connectivity index is 1.50. The summed E-state index contributed by atoms with van der Waals surface area (Å²) >= 11 is 5.90. The highest BCUT2D eigenvalue weighted by atomic mass is 35.5. The molecule has 1 N–H and O–H groups in total. The van der Waals surface area contributed by atoms with E-state index in [0.29, 0.717) is 28.0 Å². The highest BCUT2D eigenvalue weighted by Crippen LogP contribution is 2.29. The molecule has 0 spiro atoms. The van der Waals surface area contributed by atoms with E-state index in [1.807, 2.05) is 0 Å². The van der Waals surface area contributed by atoms with Gasteiger partial charge in [-0.25, -0.2) is 4.79 Å². The van der Waals surface area contributed by atoms with Gasteiger partial charge in [-0.05, 0) is 48.5 Å². The number of para-hydroxylation sites is 2. The van der Waals surface area contributed by atoms with Gasteiger partial charge in [-0.2, -0.15) is 0 Å². The third kappa shape index (κ3) is 7.05. The lowest BCUT2D eigenvalue weighted by molar-refractivity contribution is -0.118. The summed E-state index contributed by atoms with van der Waals surface area (Å²) in [5, 5.41) is 3.28. The minimum atomic E-state index is -0.548. The maximum atomic E-state index is 12.3. The molecule has 3 rings (SSSR count). The Morgan fingerprint density at radius 1 is 0.824 bits per heavy atom. The SMILES string of the molecule is COc1ccccc1NC(=O)COc1ccc(C(=O)OCCOc2cccc(Cl)c2)cc1OC. The monoisotopic (exact) mass is 485 g/mol. The third-order valence-electron chi connectivity index (χ3n) is 4.52.